The van der Waals surface area contributed by atoms with Gasteiger partial charge in [-0.3, -0.25) is 4.98 Å². The summed E-state index contributed by atoms with van der Waals surface area (Å²) in [6.45, 7) is 6.75. The molecule has 3 heteroatoms. The van der Waals surface area contributed by atoms with Gasteiger partial charge in [0.05, 0.1) is 6.61 Å². The third kappa shape index (κ3) is 2.29. The molecule has 0 atom stereocenters. The van der Waals surface area contributed by atoms with E-state index in [1.807, 2.05) is 19.1 Å². The molecule has 0 fully saturated rings. The Morgan fingerprint density at radius 1 is 1.69 bits per heavy atom. The maximum atomic E-state index is 5.55. The number of nitrogens with zero attached hydrogens (tertiary/aromatic N) is 1. The molecule has 70 valence electrons. The van der Waals surface area contributed by atoms with Gasteiger partial charge in [0.15, 0.2) is 0 Å². The molecule has 0 aliphatic heterocycles. The molecule has 1 heterocycles. The van der Waals surface area contributed by atoms with Gasteiger partial charge < -0.3 is 10.5 Å². The van der Waals surface area contributed by atoms with Crippen LogP contribution in [0.25, 0.3) is 5.76 Å². The maximum absolute atomic E-state index is 5.55. The van der Waals surface area contributed by atoms with Crippen molar-refractivity contribution in [2.24, 2.45) is 5.73 Å². The first-order chi connectivity index (χ1) is 6.29. The Bertz CT molecular complexity index is 297. The SMILES string of the molecule is C=C(OCC)c1ncccc1CN. The third-order valence-corrected chi connectivity index (χ3v) is 1.69. The monoisotopic (exact) mass is 178 g/mol. The van der Waals surface area contributed by atoms with Crippen molar-refractivity contribution in [2.75, 3.05) is 6.61 Å². The van der Waals surface area contributed by atoms with Gasteiger partial charge in [0.1, 0.15) is 11.5 Å². The van der Waals surface area contributed by atoms with Crippen molar-refractivity contribution in [2.45, 2.75) is 13.5 Å². The quantitative estimate of drug-likeness (QED) is 0.711. The molecule has 0 aliphatic carbocycles. The van der Waals surface area contributed by atoms with Crippen LogP contribution in [0.5, 0.6) is 0 Å². The second-order valence-electron chi connectivity index (χ2n) is 2.57. The smallest absolute Gasteiger partial charge is 0.138 e. The highest BCUT2D eigenvalue weighted by atomic mass is 16.5. The van der Waals surface area contributed by atoms with Crippen molar-refractivity contribution in [3.05, 3.63) is 36.2 Å². The van der Waals surface area contributed by atoms with Gasteiger partial charge in [0.2, 0.25) is 0 Å². The molecular formula is C10H14N2O. The lowest BCUT2D eigenvalue weighted by Crippen LogP contribution is -2.04. The predicted octanol–water partition coefficient (Wildman–Crippen LogP) is 1.55. The molecule has 0 amide bonds. The fourth-order valence-electron chi connectivity index (χ4n) is 1.10. The summed E-state index contributed by atoms with van der Waals surface area (Å²) in [4.78, 5) is 4.16. The topological polar surface area (TPSA) is 48.1 Å². The van der Waals surface area contributed by atoms with Crippen LogP contribution in [0, 0.1) is 0 Å². The van der Waals surface area contributed by atoms with E-state index in [4.69, 9.17) is 10.5 Å². The fourth-order valence-corrected chi connectivity index (χ4v) is 1.10. The predicted molar refractivity (Wildman–Crippen MR) is 52.8 cm³/mol. The molecule has 0 radical (unpaired) electrons. The van der Waals surface area contributed by atoms with Gasteiger partial charge in [-0.1, -0.05) is 12.6 Å². The summed E-state index contributed by atoms with van der Waals surface area (Å²) in [5.41, 5.74) is 7.26. The molecular weight excluding hydrogens is 164 g/mol. The van der Waals surface area contributed by atoms with Gasteiger partial charge in [-0.15, -0.1) is 0 Å². The van der Waals surface area contributed by atoms with Crippen LogP contribution in [0.1, 0.15) is 18.2 Å². The van der Waals surface area contributed by atoms with E-state index in [0.717, 1.165) is 11.3 Å². The summed E-state index contributed by atoms with van der Waals surface area (Å²) in [5, 5.41) is 0. The summed E-state index contributed by atoms with van der Waals surface area (Å²) in [7, 11) is 0. The zero-order chi connectivity index (χ0) is 9.68. The second kappa shape index (κ2) is 4.62. The molecule has 0 bridgehead atoms. The molecule has 1 rings (SSSR count). The van der Waals surface area contributed by atoms with Crippen LogP contribution >= 0.6 is 0 Å². The number of aromatic nitrogens is 1. The minimum Gasteiger partial charge on any atom is -0.492 e. The Kier molecular flexibility index (Phi) is 3.46. The van der Waals surface area contributed by atoms with E-state index < -0.39 is 0 Å². The molecule has 0 saturated carbocycles. The second-order valence-corrected chi connectivity index (χ2v) is 2.57. The van der Waals surface area contributed by atoms with Crippen LogP contribution in [0.15, 0.2) is 24.9 Å². The number of ether oxygens (including phenoxy) is 1. The van der Waals surface area contributed by atoms with E-state index in [9.17, 15) is 0 Å². The van der Waals surface area contributed by atoms with E-state index in [0.29, 0.717) is 18.9 Å². The number of pyridine rings is 1. The molecule has 3 nitrogen and oxygen atoms in total. The van der Waals surface area contributed by atoms with Crippen LogP contribution in [0.4, 0.5) is 0 Å². The van der Waals surface area contributed by atoms with Crippen molar-refractivity contribution in [1.29, 1.82) is 0 Å². The van der Waals surface area contributed by atoms with Crippen LogP contribution < -0.4 is 5.73 Å². The lowest BCUT2D eigenvalue weighted by atomic mass is 10.2. The Labute approximate surface area is 78.2 Å². The largest absolute Gasteiger partial charge is 0.492 e. The van der Waals surface area contributed by atoms with E-state index in [1.165, 1.54) is 0 Å². The van der Waals surface area contributed by atoms with Gasteiger partial charge in [-0.05, 0) is 18.6 Å². The normalized spacial score (nSPS) is 9.69. The van der Waals surface area contributed by atoms with Gasteiger partial charge in [-0.25, -0.2) is 0 Å². The number of rotatable bonds is 4. The van der Waals surface area contributed by atoms with E-state index in [1.54, 1.807) is 6.20 Å². The molecule has 1 aromatic rings. The third-order valence-electron chi connectivity index (χ3n) is 1.69. The Morgan fingerprint density at radius 2 is 2.46 bits per heavy atom. The highest BCUT2D eigenvalue weighted by Crippen LogP contribution is 2.14. The molecule has 0 aliphatic rings. The first kappa shape index (κ1) is 9.74. The summed E-state index contributed by atoms with van der Waals surface area (Å²) < 4.78 is 5.26. The van der Waals surface area contributed by atoms with Crippen molar-refractivity contribution < 1.29 is 4.74 Å². The molecule has 0 unspecified atom stereocenters. The molecule has 2 N–H and O–H groups in total. The average Bonchev–Trinajstić information content (AvgIpc) is 2.18. The lowest BCUT2D eigenvalue weighted by molar-refractivity contribution is 0.297. The Morgan fingerprint density at radius 3 is 3.08 bits per heavy atom. The van der Waals surface area contributed by atoms with Crippen LogP contribution in [-0.2, 0) is 11.3 Å². The van der Waals surface area contributed by atoms with Crippen molar-refractivity contribution in [1.82, 2.24) is 4.98 Å². The van der Waals surface area contributed by atoms with E-state index >= 15 is 0 Å². The number of nitrogens with two attached hydrogens (primary N) is 1. The molecule has 0 saturated heterocycles. The van der Waals surface area contributed by atoms with Crippen molar-refractivity contribution in [3.8, 4) is 0 Å². The highest BCUT2D eigenvalue weighted by Gasteiger charge is 2.05. The number of hydrogen-bond donors (Lipinski definition) is 1. The molecule has 0 aromatic carbocycles. The minimum absolute atomic E-state index is 0.454. The first-order valence-corrected chi connectivity index (χ1v) is 4.25. The lowest BCUT2D eigenvalue weighted by Gasteiger charge is -2.09. The van der Waals surface area contributed by atoms with Crippen LogP contribution in [0.2, 0.25) is 0 Å². The molecule has 0 spiro atoms. The summed E-state index contributed by atoms with van der Waals surface area (Å²) in [5.74, 6) is 0.587. The Balaban J connectivity index is 2.92. The number of hydrogen-bond acceptors (Lipinski definition) is 3. The van der Waals surface area contributed by atoms with Crippen molar-refractivity contribution in [3.63, 3.8) is 0 Å². The van der Waals surface area contributed by atoms with E-state index in [-0.39, 0.29) is 0 Å². The standard InChI is InChI=1S/C10H14N2O/c1-3-13-8(2)10-9(7-11)5-4-6-12-10/h4-6H,2-3,7,11H2,1H3. The van der Waals surface area contributed by atoms with Crippen molar-refractivity contribution >= 4 is 5.76 Å². The average molecular weight is 178 g/mol. The molecule has 13 heavy (non-hydrogen) atoms. The van der Waals surface area contributed by atoms with Gasteiger partial charge in [0.25, 0.3) is 0 Å². The zero-order valence-electron chi connectivity index (χ0n) is 7.79. The van der Waals surface area contributed by atoms with Gasteiger partial charge >= 0.3 is 0 Å². The zero-order valence-corrected chi connectivity index (χ0v) is 7.79. The van der Waals surface area contributed by atoms with Crippen LogP contribution in [-0.4, -0.2) is 11.6 Å². The highest BCUT2D eigenvalue weighted by molar-refractivity contribution is 5.56. The minimum atomic E-state index is 0.454. The summed E-state index contributed by atoms with van der Waals surface area (Å²) in [6, 6.07) is 3.78. The molecule has 1 aromatic heterocycles. The van der Waals surface area contributed by atoms with Crippen LogP contribution in [0.3, 0.4) is 0 Å². The summed E-state index contributed by atoms with van der Waals surface area (Å²) >= 11 is 0. The summed E-state index contributed by atoms with van der Waals surface area (Å²) in [6.07, 6.45) is 1.71. The van der Waals surface area contributed by atoms with E-state index in [2.05, 4.69) is 11.6 Å². The Hall–Kier alpha value is -1.35. The first-order valence-electron chi connectivity index (χ1n) is 4.25. The maximum Gasteiger partial charge on any atom is 0.138 e. The van der Waals surface area contributed by atoms with Gasteiger partial charge in [0, 0.05) is 12.7 Å². The fraction of sp³-hybridized carbons (Fsp3) is 0.300. The van der Waals surface area contributed by atoms with Gasteiger partial charge in [-0.2, -0.15) is 0 Å².